The molecule has 0 unspecified atom stereocenters. The molecule has 25 heavy (non-hydrogen) atoms. The molecular formula is C19H28N2O4. The molecule has 1 amide bonds. The number of carbonyl (C=O) groups excluding carboxylic acids is 1. The van der Waals surface area contributed by atoms with Crippen LogP contribution in [0, 0.1) is 5.92 Å². The van der Waals surface area contributed by atoms with Crippen LogP contribution in [0.4, 0.5) is 0 Å². The lowest BCUT2D eigenvalue weighted by molar-refractivity contribution is 0.0242. The predicted molar refractivity (Wildman–Crippen MR) is 95.4 cm³/mol. The Morgan fingerprint density at radius 3 is 2.48 bits per heavy atom. The van der Waals surface area contributed by atoms with E-state index >= 15 is 0 Å². The highest BCUT2D eigenvalue weighted by Gasteiger charge is 2.27. The standard InChI is InChI=1S/C19H28N2O4/c1-23-16-3-4-17(18(13-16)24-2)19(22)21-7-5-15(6-8-21)14-20-9-11-25-12-10-20/h3-4,13,15H,5-12,14H2,1-2H3. The first kappa shape index (κ1) is 18.0. The first-order valence-corrected chi connectivity index (χ1v) is 9.02. The lowest BCUT2D eigenvalue weighted by Gasteiger charge is -2.36. The number of piperidine rings is 1. The van der Waals surface area contributed by atoms with Crippen molar-refractivity contribution in [2.75, 3.05) is 60.2 Å². The molecule has 138 valence electrons. The van der Waals surface area contributed by atoms with Crippen LogP contribution in [0.1, 0.15) is 23.2 Å². The van der Waals surface area contributed by atoms with E-state index in [1.807, 2.05) is 4.90 Å². The molecule has 2 aliphatic heterocycles. The summed E-state index contributed by atoms with van der Waals surface area (Å²) in [5.74, 6) is 1.97. The van der Waals surface area contributed by atoms with Crippen molar-refractivity contribution in [3.8, 4) is 11.5 Å². The number of benzene rings is 1. The number of ether oxygens (including phenoxy) is 3. The smallest absolute Gasteiger partial charge is 0.257 e. The summed E-state index contributed by atoms with van der Waals surface area (Å²) in [6.07, 6.45) is 2.11. The number of rotatable bonds is 5. The fraction of sp³-hybridized carbons (Fsp3) is 0.632. The first-order valence-electron chi connectivity index (χ1n) is 9.02. The lowest BCUT2D eigenvalue weighted by Crippen LogP contribution is -2.44. The van der Waals surface area contributed by atoms with Crippen molar-refractivity contribution in [1.82, 2.24) is 9.80 Å². The number of amides is 1. The molecule has 0 radical (unpaired) electrons. The van der Waals surface area contributed by atoms with E-state index in [1.54, 1.807) is 32.4 Å². The Bertz CT molecular complexity index is 579. The van der Waals surface area contributed by atoms with E-state index in [1.165, 1.54) is 0 Å². The summed E-state index contributed by atoms with van der Waals surface area (Å²) < 4.78 is 16.0. The number of nitrogens with zero attached hydrogens (tertiary/aromatic N) is 2. The highest BCUT2D eigenvalue weighted by Crippen LogP contribution is 2.27. The van der Waals surface area contributed by atoms with Crippen LogP contribution in [0.3, 0.4) is 0 Å². The minimum absolute atomic E-state index is 0.0457. The van der Waals surface area contributed by atoms with Gasteiger partial charge in [-0.05, 0) is 30.9 Å². The van der Waals surface area contributed by atoms with Crippen LogP contribution in [0.2, 0.25) is 0 Å². The molecule has 2 heterocycles. The first-order chi connectivity index (χ1) is 12.2. The molecule has 2 saturated heterocycles. The van der Waals surface area contributed by atoms with Crippen LogP contribution in [-0.4, -0.2) is 75.9 Å². The maximum Gasteiger partial charge on any atom is 0.257 e. The van der Waals surface area contributed by atoms with Gasteiger partial charge in [-0.3, -0.25) is 9.69 Å². The van der Waals surface area contributed by atoms with Crippen LogP contribution in [0.25, 0.3) is 0 Å². The van der Waals surface area contributed by atoms with Crippen LogP contribution in [0.15, 0.2) is 18.2 Å². The van der Waals surface area contributed by atoms with Crippen LogP contribution >= 0.6 is 0 Å². The zero-order valence-corrected chi connectivity index (χ0v) is 15.2. The highest BCUT2D eigenvalue weighted by molar-refractivity contribution is 5.97. The Morgan fingerprint density at radius 2 is 1.84 bits per heavy atom. The van der Waals surface area contributed by atoms with Crippen molar-refractivity contribution in [2.24, 2.45) is 5.92 Å². The molecule has 0 aliphatic carbocycles. The highest BCUT2D eigenvalue weighted by atomic mass is 16.5. The van der Waals surface area contributed by atoms with Crippen molar-refractivity contribution >= 4 is 5.91 Å². The fourth-order valence-electron chi connectivity index (χ4n) is 3.61. The van der Waals surface area contributed by atoms with E-state index in [2.05, 4.69) is 4.90 Å². The summed E-state index contributed by atoms with van der Waals surface area (Å²) in [4.78, 5) is 17.3. The second kappa shape index (κ2) is 8.54. The van der Waals surface area contributed by atoms with Gasteiger partial charge in [0.25, 0.3) is 5.91 Å². The average molecular weight is 348 g/mol. The topological polar surface area (TPSA) is 51.2 Å². The van der Waals surface area contributed by atoms with Crippen LogP contribution < -0.4 is 9.47 Å². The Morgan fingerprint density at radius 1 is 1.12 bits per heavy atom. The summed E-state index contributed by atoms with van der Waals surface area (Å²) in [5.41, 5.74) is 0.606. The molecule has 6 heteroatoms. The third-order valence-corrected chi connectivity index (χ3v) is 5.16. The molecule has 1 aromatic carbocycles. The zero-order valence-electron chi connectivity index (χ0n) is 15.2. The molecule has 2 fully saturated rings. The van der Waals surface area contributed by atoms with Crippen molar-refractivity contribution in [1.29, 1.82) is 0 Å². The minimum atomic E-state index is 0.0457. The summed E-state index contributed by atoms with van der Waals surface area (Å²) in [6.45, 7) is 6.48. The summed E-state index contributed by atoms with van der Waals surface area (Å²) in [7, 11) is 3.19. The Kier molecular flexibility index (Phi) is 6.15. The predicted octanol–water partition coefficient (Wildman–Crippen LogP) is 1.89. The summed E-state index contributed by atoms with van der Waals surface area (Å²) in [6, 6.07) is 5.36. The van der Waals surface area contributed by atoms with Crippen molar-refractivity contribution < 1.29 is 19.0 Å². The third-order valence-electron chi connectivity index (χ3n) is 5.16. The lowest BCUT2D eigenvalue weighted by atomic mass is 9.95. The van der Waals surface area contributed by atoms with E-state index in [0.717, 1.165) is 58.8 Å². The van der Waals surface area contributed by atoms with Gasteiger partial charge < -0.3 is 19.1 Å². The number of hydrogen-bond donors (Lipinski definition) is 0. The molecule has 0 spiro atoms. The van der Waals surface area contributed by atoms with Gasteiger partial charge in [0.2, 0.25) is 0 Å². The summed E-state index contributed by atoms with van der Waals surface area (Å²) in [5, 5.41) is 0. The van der Waals surface area contributed by atoms with Crippen LogP contribution in [0.5, 0.6) is 11.5 Å². The van der Waals surface area contributed by atoms with Gasteiger partial charge in [-0.1, -0.05) is 0 Å². The average Bonchev–Trinajstić information content (AvgIpc) is 2.68. The van der Waals surface area contributed by atoms with E-state index in [9.17, 15) is 4.79 Å². The van der Waals surface area contributed by atoms with E-state index in [4.69, 9.17) is 14.2 Å². The minimum Gasteiger partial charge on any atom is -0.497 e. The Labute approximate surface area is 149 Å². The van der Waals surface area contributed by atoms with Crippen LogP contribution in [-0.2, 0) is 4.74 Å². The number of hydrogen-bond acceptors (Lipinski definition) is 5. The van der Waals surface area contributed by atoms with E-state index < -0.39 is 0 Å². The molecule has 0 atom stereocenters. The number of carbonyl (C=O) groups is 1. The molecular weight excluding hydrogens is 320 g/mol. The van der Waals surface area contributed by atoms with Gasteiger partial charge in [0, 0.05) is 38.8 Å². The molecule has 0 N–H and O–H groups in total. The Hall–Kier alpha value is -1.79. The maximum absolute atomic E-state index is 12.9. The number of morpholine rings is 1. The van der Waals surface area contributed by atoms with Gasteiger partial charge in [0.1, 0.15) is 11.5 Å². The van der Waals surface area contributed by atoms with E-state index in [0.29, 0.717) is 23.0 Å². The normalized spacial score (nSPS) is 19.7. The summed E-state index contributed by atoms with van der Waals surface area (Å²) >= 11 is 0. The van der Waals surface area contributed by atoms with Crippen molar-refractivity contribution in [3.63, 3.8) is 0 Å². The molecule has 1 aromatic rings. The van der Waals surface area contributed by atoms with Crippen molar-refractivity contribution in [3.05, 3.63) is 23.8 Å². The molecule has 6 nitrogen and oxygen atoms in total. The van der Waals surface area contributed by atoms with Gasteiger partial charge in [-0.15, -0.1) is 0 Å². The zero-order chi connectivity index (χ0) is 17.6. The maximum atomic E-state index is 12.9. The Balaban J connectivity index is 1.56. The number of methoxy groups -OCH3 is 2. The molecule has 3 rings (SSSR count). The molecule has 0 aromatic heterocycles. The monoisotopic (exact) mass is 348 g/mol. The SMILES string of the molecule is COc1ccc(C(=O)N2CCC(CN3CCOCC3)CC2)c(OC)c1. The largest absolute Gasteiger partial charge is 0.497 e. The van der Waals surface area contributed by atoms with E-state index in [-0.39, 0.29) is 5.91 Å². The third kappa shape index (κ3) is 4.44. The molecule has 2 aliphatic rings. The molecule has 0 bridgehead atoms. The fourth-order valence-corrected chi connectivity index (χ4v) is 3.61. The second-order valence-electron chi connectivity index (χ2n) is 6.71. The molecule has 0 saturated carbocycles. The van der Waals surface area contributed by atoms with Gasteiger partial charge in [-0.2, -0.15) is 0 Å². The quantitative estimate of drug-likeness (QED) is 0.813. The van der Waals surface area contributed by atoms with Crippen molar-refractivity contribution in [2.45, 2.75) is 12.8 Å². The van der Waals surface area contributed by atoms with Gasteiger partial charge in [-0.25, -0.2) is 0 Å². The second-order valence-corrected chi connectivity index (χ2v) is 6.71. The van der Waals surface area contributed by atoms with Gasteiger partial charge >= 0.3 is 0 Å². The number of likely N-dealkylation sites (tertiary alicyclic amines) is 1. The van der Waals surface area contributed by atoms with Gasteiger partial charge in [0.15, 0.2) is 0 Å². The van der Waals surface area contributed by atoms with Gasteiger partial charge in [0.05, 0.1) is 33.0 Å².